The molecular formula is C17H20N2OS. The molecule has 2 N–H and O–H groups in total. The van der Waals surface area contributed by atoms with Crippen molar-refractivity contribution in [3.8, 4) is 5.75 Å². The van der Waals surface area contributed by atoms with Crippen molar-refractivity contribution in [3.05, 3.63) is 65.7 Å². The van der Waals surface area contributed by atoms with Gasteiger partial charge in [0.15, 0.2) is 5.11 Å². The molecule has 2 aromatic rings. The molecule has 0 saturated heterocycles. The van der Waals surface area contributed by atoms with Crippen LogP contribution in [0.4, 0.5) is 0 Å². The summed E-state index contributed by atoms with van der Waals surface area (Å²) in [7, 11) is 0. The second-order valence-corrected chi connectivity index (χ2v) is 5.04. The molecule has 21 heavy (non-hydrogen) atoms. The zero-order chi connectivity index (χ0) is 14.9. The molecule has 110 valence electrons. The second kappa shape index (κ2) is 8.27. The Balaban J connectivity index is 1.80. The average molecular weight is 300 g/mol. The van der Waals surface area contributed by atoms with Crippen LogP contribution in [0.1, 0.15) is 18.1 Å². The Morgan fingerprint density at radius 2 is 1.67 bits per heavy atom. The molecule has 0 aliphatic rings. The molecule has 0 fully saturated rings. The van der Waals surface area contributed by atoms with E-state index < -0.39 is 0 Å². The van der Waals surface area contributed by atoms with Crippen molar-refractivity contribution < 1.29 is 4.74 Å². The topological polar surface area (TPSA) is 33.3 Å². The molecule has 0 radical (unpaired) electrons. The Labute approximate surface area is 131 Å². The van der Waals surface area contributed by atoms with Gasteiger partial charge in [0.25, 0.3) is 0 Å². The molecule has 0 aliphatic heterocycles. The third-order valence-corrected chi connectivity index (χ3v) is 3.25. The highest BCUT2D eigenvalue weighted by molar-refractivity contribution is 7.80. The summed E-state index contributed by atoms with van der Waals surface area (Å²) in [5, 5.41) is 6.90. The summed E-state index contributed by atoms with van der Waals surface area (Å²) in [6.07, 6.45) is 0. The van der Waals surface area contributed by atoms with Gasteiger partial charge in [0.2, 0.25) is 0 Å². The zero-order valence-electron chi connectivity index (χ0n) is 12.1. The molecule has 3 nitrogen and oxygen atoms in total. The van der Waals surface area contributed by atoms with Gasteiger partial charge in [-0.3, -0.25) is 0 Å². The van der Waals surface area contributed by atoms with E-state index in [1.54, 1.807) is 0 Å². The molecule has 4 heteroatoms. The van der Waals surface area contributed by atoms with Gasteiger partial charge >= 0.3 is 0 Å². The fraction of sp³-hybridized carbons (Fsp3) is 0.235. The second-order valence-electron chi connectivity index (χ2n) is 4.63. The summed E-state index contributed by atoms with van der Waals surface area (Å²) in [6, 6.07) is 18.2. The molecule has 0 aromatic heterocycles. The molecule has 2 aromatic carbocycles. The van der Waals surface area contributed by atoms with Crippen LogP contribution < -0.4 is 15.4 Å². The Bertz CT molecular complexity index is 555. The van der Waals surface area contributed by atoms with Gasteiger partial charge in [0.05, 0.1) is 0 Å². The van der Waals surface area contributed by atoms with Crippen LogP contribution in [0, 0.1) is 0 Å². The van der Waals surface area contributed by atoms with Crippen molar-refractivity contribution >= 4 is 17.3 Å². The minimum Gasteiger partial charge on any atom is -0.489 e. The highest BCUT2D eigenvalue weighted by Gasteiger charge is 1.98. The minimum absolute atomic E-state index is 0.586. The van der Waals surface area contributed by atoms with E-state index in [-0.39, 0.29) is 0 Å². The standard InChI is InChI=1S/C17H20N2OS/c1-2-18-17(21)19-12-14-8-10-16(11-9-14)20-13-15-6-4-3-5-7-15/h3-11H,2,12-13H2,1H3,(H2,18,19,21). The van der Waals surface area contributed by atoms with Crippen LogP contribution in [0.2, 0.25) is 0 Å². The van der Waals surface area contributed by atoms with Gasteiger partial charge in [-0.15, -0.1) is 0 Å². The van der Waals surface area contributed by atoms with Crippen molar-refractivity contribution in [2.45, 2.75) is 20.1 Å². The molecule has 0 heterocycles. The third-order valence-electron chi connectivity index (χ3n) is 2.96. The normalized spacial score (nSPS) is 9.95. The average Bonchev–Trinajstić information content (AvgIpc) is 2.53. The van der Waals surface area contributed by atoms with E-state index >= 15 is 0 Å². The summed E-state index contributed by atoms with van der Waals surface area (Å²) < 4.78 is 5.75. The summed E-state index contributed by atoms with van der Waals surface area (Å²) >= 11 is 5.13. The Morgan fingerprint density at radius 3 is 2.33 bits per heavy atom. The molecule has 0 spiro atoms. The van der Waals surface area contributed by atoms with E-state index in [2.05, 4.69) is 22.8 Å². The van der Waals surface area contributed by atoms with Crippen molar-refractivity contribution in [1.82, 2.24) is 10.6 Å². The number of benzene rings is 2. The van der Waals surface area contributed by atoms with Crippen LogP contribution in [0.15, 0.2) is 54.6 Å². The lowest BCUT2D eigenvalue weighted by atomic mass is 10.2. The number of thiocarbonyl (C=S) groups is 1. The van der Waals surface area contributed by atoms with E-state index in [0.717, 1.165) is 12.3 Å². The van der Waals surface area contributed by atoms with Gasteiger partial charge in [-0.1, -0.05) is 42.5 Å². The molecule has 0 aliphatic carbocycles. The largest absolute Gasteiger partial charge is 0.489 e. The van der Waals surface area contributed by atoms with Gasteiger partial charge in [0, 0.05) is 13.1 Å². The van der Waals surface area contributed by atoms with E-state index in [1.165, 1.54) is 11.1 Å². The summed E-state index contributed by atoms with van der Waals surface area (Å²) in [5.74, 6) is 0.872. The molecule has 2 rings (SSSR count). The Kier molecular flexibility index (Phi) is 6.03. The van der Waals surface area contributed by atoms with Crippen LogP contribution >= 0.6 is 12.2 Å². The van der Waals surface area contributed by atoms with Gasteiger partial charge in [-0.2, -0.15) is 0 Å². The van der Waals surface area contributed by atoms with Crippen molar-refractivity contribution in [3.63, 3.8) is 0 Å². The first-order valence-corrected chi connectivity index (χ1v) is 7.46. The van der Waals surface area contributed by atoms with Gasteiger partial charge in [-0.05, 0) is 42.4 Å². The van der Waals surface area contributed by atoms with E-state index in [1.807, 2.05) is 49.4 Å². The number of hydrogen-bond acceptors (Lipinski definition) is 2. The fourth-order valence-corrected chi connectivity index (χ4v) is 2.07. The Morgan fingerprint density at radius 1 is 0.952 bits per heavy atom. The van der Waals surface area contributed by atoms with Gasteiger partial charge in [-0.25, -0.2) is 0 Å². The maximum Gasteiger partial charge on any atom is 0.166 e. The zero-order valence-corrected chi connectivity index (χ0v) is 13.0. The Hall–Kier alpha value is -2.07. The summed E-state index contributed by atoms with van der Waals surface area (Å²) in [6.45, 7) is 4.15. The van der Waals surface area contributed by atoms with Crippen molar-refractivity contribution in [2.75, 3.05) is 6.54 Å². The molecule has 0 atom stereocenters. The maximum absolute atomic E-state index is 5.75. The van der Waals surface area contributed by atoms with Crippen LogP contribution in [0.25, 0.3) is 0 Å². The highest BCUT2D eigenvalue weighted by atomic mass is 32.1. The van der Waals surface area contributed by atoms with Gasteiger partial charge < -0.3 is 15.4 Å². The predicted octanol–water partition coefficient (Wildman–Crippen LogP) is 3.25. The number of rotatable bonds is 6. The van der Waals surface area contributed by atoms with Gasteiger partial charge in [0.1, 0.15) is 12.4 Å². The monoisotopic (exact) mass is 300 g/mol. The van der Waals surface area contributed by atoms with Crippen molar-refractivity contribution in [1.29, 1.82) is 0 Å². The number of ether oxygens (including phenoxy) is 1. The quantitative estimate of drug-likeness (QED) is 0.802. The minimum atomic E-state index is 0.586. The maximum atomic E-state index is 5.75. The summed E-state index contributed by atoms with van der Waals surface area (Å²) in [5.41, 5.74) is 2.33. The lowest BCUT2D eigenvalue weighted by Gasteiger charge is -2.10. The number of nitrogens with one attached hydrogen (secondary N) is 2. The van der Waals surface area contributed by atoms with Crippen LogP contribution in [-0.2, 0) is 13.2 Å². The number of hydrogen-bond donors (Lipinski definition) is 2. The predicted molar refractivity (Wildman–Crippen MR) is 90.3 cm³/mol. The van der Waals surface area contributed by atoms with E-state index in [0.29, 0.717) is 18.3 Å². The van der Waals surface area contributed by atoms with Crippen LogP contribution in [0.5, 0.6) is 5.75 Å². The smallest absolute Gasteiger partial charge is 0.166 e. The first-order valence-electron chi connectivity index (χ1n) is 7.05. The fourth-order valence-electron chi connectivity index (χ4n) is 1.85. The molecular weight excluding hydrogens is 280 g/mol. The van der Waals surface area contributed by atoms with Crippen LogP contribution in [-0.4, -0.2) is 11.7 Å². The van der Waals surface area contributed by atoms with E-state index in [4.69, 9.17) is 17.0 Å². The summed E-state index contributed by atoms with van der Waals surface area (Å²) in [4.78, 5) is 0. The third kappa shape index (κ3) is 5.44. The first-order chi connectivity index (χ1) is 10.3. The molecule has 0 unspecified atom stereocenters. The SMILES string of the molecule is CCNC(=S)NCc1ccc(OCc2ccccc2)cc1. The lowest BCUT2D eigenvalue weighted by molar-refractivity contribution is 0.306. The molecule has 0 saturated carbocycles. The first kappa shape index (κ1) is 15.3. The lowest BCUT2D eigenvalue weighted by Crippen LogP contribution is -2.34. The van der Waals surface area contributed by atoms with Crippen LogP contribution in [0.3, 0.4) is 0 Å². The molecule has 0 bridgehead atoms. The highest BCUT2D eigenvalue weighted by Crippen LogP contribution is 2.14. The molecule has 0 amide bonds. The van der Waals surface area contributed by atoms with E-state index in [9.17, 15) is 0 Å². The van der Waals surface area contributed by atoms with Crippen molar-refractivity contribution in [2.24, 2.45) is 0 Å².